The molecule has 0 saturated carbocycles. The highest BCUT2D eigenvalue weighted by Gasteiger charge is 2.28. The van der Waals surface area contributed by atoms with Crippen LogP contribution in [0.5, 0.6) is 0 Å². The van der Waals surface area contributed by atoms with Gasteiger partial charge in [0, 0.05) is 18.5 Å². The van der Waals surface area contributed by atoms with Gasteiger partial charge in [0.25, 0.3) is 5.91 Å². The fourth-order valence-electron chi connectivity index (χ4n) is 3.11. The number of nitrogens with zero attached hydrogens (tertiary/aromatic N) is 2. The maximum absolute atomic E-state index is 12.8. The number of hydrogen-bond donors (Lipinski definition) is 1. The topological polar surface area (TPSA) is 70.5 Å². The number of aromatic nitrogens is 1. The van der Waals surface area contributed by atoms with E-state index in [2.05, 4.69) is 4.98 Å². The van der Waals surface area contributed by atoms with Gasteiger partial charge in [-0.05, 0) is 44.9 Å². The van der Waals surface area contributed by atoms with Crippen LogP contribution in [-0.4, -0.2) is 40.0 Å². The van der Waals surface area contributed by atoms with Crippen LogP contribution < -0.4 is 0 Å². The van der Waals surface area contributed by atoms with Crippen molar-refractivity contribution in [3.63, 3.8) is 0 Å². The van der Waals surface area contributed by atoms with Crippen LogP contribution in [0.2, 0.25) is 0 Å². The summed E-state index contributed by atoms with van der Waals surface area (Å²) in [5.74, 6) is -1.16. The summed E-state index contributed by atoms with van der Waals surface area (Å²) in [6.07, 6.45) is 1.03. The molecule has 1 aromatic carbocycles. The first-order chi connectivity index (χ1) is 11.0. The highest BCUT2D eigenvalue weighted by atomic mass is 16.4. The van der Waals surface area contributed by atoms with Crippen LogP contribution in [0.3, 0.4) is 0 Å². The second kappa shape index (κ2) is 5.99. The van der Waals surface area contributed by atoms with Crippen molar-refractivity contribution in [2.24, 2.45) is 5.92 Å². The van der Waals surface area contributed by atoms with Crippen molar-refractivity contribution in [2.45, 2.75) is 26.7 Å². The number of carbonyl (C=O) groups excluding carboxylic acids is 1. The molecule has 0 atom stereocenters. The van der Waals surface area contributed by atoms with Gasteiger partial charge in [-0.15, -0.1) is 0 Å². The SMILES string of the molecule is Cc1ccc2nc(C)c(C(=O)N3CCC(C(=O)O)CC3)cc2c1. The first-order valence-corrected chi connectivity index (χ1v) is 7.86. The van der Waals surface area contributed by atoms with Crippen LogP contribution in [-0.2, 0) is 4.79 Å². The smallest absolute Gasteiger partial charge is 0.306 e. The molecule has 2 heterocycles. The van der Waals surface area contributed by atoms with Crippen molar-refractivity contribution in [2.75, 3.05) is 13.1 Å². The van der Waals surface area contributed by atoms with Gasteiger partial charge in [-0.2, -0.15) is 0 Å². The second-order valence-electron chi connectivity index (χ2n) is 6.22. The van der Waals surface area contributed by atoms with Crippen molar-refractivity contribution >= 4 is 22.8 Å². The van der Waals surface area contributed by atoms with E-state index in [1.165, 1.54) is 0 Å². The summed E-state index contributed by atoms with van der Waals surface area (Å²) in [5.41, 5.74) is 3.33. The Balaban J connectivity index is 1.86. The summed E-state index contributed by atoms with van der Waals surface area (Å²) in [4.78, 5) is 30.1. The number of carboxylic acids is 1. The average Bonchev–Trinajstić information content (AvgIpc) is 2.54. The number of benzene rings is 1. The van der Waals surface area contributed by atoms with Crippen molar-refractivity contribution in [3.8, 4) is 0 Å². The zero-order chi connectivity index (χ0) is 16.6. The lowest BCUT2D eigenvalue weighted by molar-refractivity contribution is -0.143. The largest absolute Gasteiger partial charge is 0.481 e. The summed E-state index contributed by atoms with van der Waals surface area (Å²) >= 11 is 0. The molecule has 3 rings (SSSR count). The molecule has 2 aromatic rings. The van der Waals surface area contributed by atoms with Crippen molar-refractivity contribution in [3.05, 3.63) is 41.1 Å². The number of piperidine rings is 1. The molecule has 1 fully saturated rings. The minimum atomic E-state index is -0.767. The maximum atomic E-state index is 12.8. The molecule has 1 aliphatic rings. The van der Waals surface area contributed by atoms with E-state index < -0.39 is 5.97 Å². The molecule has 0 spiro atoms. The molecule has 1 aliphatic heterocycles. The number of carboxylic acid groups (broad SMARTS) is 1. The van der Waals surface area contributed by atoms with Gasteiger partial charge in [-0.3, -0.25) is 14.6 Å². The van der Waals surface area contributed by atoms with E-state index >= 15 is 0 Å². The molecule has 0 radical (unpaired) electrons. The highest BCUT2D eigenvalue weighted by Crippen LogP contribution is 2.23. The van der Waals surface area contributed by atoms with Crippen LogP contribution in [0.25, 0.3) is 10.9 Å². The molecule has 1 aromatic heterocycles. The van der Waals surface area contributed by atoms with Gasteiger partial charge in [0.15, 0.2) is 0 Å². The maximum Gasteiger partial charge on any atom is 0.306 e. The summed E-state index contributed by atoms with van der Waals surface area (Å²) in [6.45, 7) is 4.83. The number of fused-ring (bicyclic) bond motifs is 1. The van der Waals surface area contributed by atoms with E-state index in [1.54, 1.807) is 4.90 Å². The Bertz CT molecular complexity index is 777. The third kappa shape index (κ3) is 3.04. The summed E-state index contributed by atoms with van der Waals surface area (Å²) < 4.78 is 0. The van der Waals surface area contributed by atoms with Crippen LogP contribution in [0.4, 0.5) is 0 Å². The third-order valence-corrected chi connectivity index (χ3v) is 4.52. The quantitative estimate of drug-likeness (QED) is 0.925. The molecule has 23 heavy (non-hydrogen) atoms. The van der Waals surface area contributed by atoms with E-state index in [9.17, 15) is 9.59 Å². The molecule has 0 bridgehead atoms. The van der Waals surface area contributed by atoms with Crippen LogP contribution in [0.15, 0.2) is 24.3 Å². The van der Waals surface area contributed by atoms with Crippen LogP contribution in [0, 0.1) is 19.8 Å². The number of amides is 1. The predicted molar refractivity (Wildman–Crippen MR) is 87.5 cm³/mol. The van der Waals surface area contributed by atoms with Gasteiger partial charge in [-0.1, -0.05) is 11.6 Å². The predicted octanol–water partition coefficient (Wildman–Crippen LogP) is 2.79. The molecule has 1 amide bonds. The van der Waals surface area contributed by atoms with Crippen molar-refractivity contribution in [1.29, 1.82) is 0 Å². The lowest BCUT2D eigenvalue weighted by Gasteiger charge is -2.30. The number of likely N-dealkylation sites (tertiary alicyclic amines) is 1. The molecule has 120 valence electrons. The van der Waals surface area contributed by atoms with E-state index in [4.69, 9.17) is 5.11 Å². The Morgan fingerprint density at radius 1 is 1.17 bits per heavy atom. The standard InChI is InChI=1S/C18H20N2O3/c1-11-3-4-16-14(9-11)10-15(12(2)19-16)17(21)20-7-5-13(6-8-20)18(22)23/h3-4,9-10,13H,5-8H2,1-2H3,(H,22,23). The molecule has 5 heteroatoms. The number of rotatable bonds is 2. The first kappa shape index (κ1) is 15.5. The number of aryl methyl sites for hydroxylation is 2. The van der Waals surface area contributed by atoms with Gasteiger partial charge in [-0.25, -0.2) is 0 Å². The van der Waals surface area contributed by atoms with Crippen molar-refractivity contribution in [1.82, 2.24) is 9.88 Å². The molecule has 0 aliphatic carbocycles. The fraction of sp³-hybridized carbons (Fsp3) is 0.389. The van der Waals surface area contributed by atoms with Gasteiger partial charge < -0.3 is 10.0 Å². The third-order valence-electron chi connectivity index (χ3n) is 4.52. The summed E-state index contributed by atoms with van der Waals surface area (Å²) in [6, 6.07) is 7.89. The Morgan fingerprint density at radius 2 is 1.87 bits per heavy atom. The molecular weight excluding hydrogens is 292 g/mol. The Labute approximate surface area is 134 Å². The number of aliphatic carboxylic acids is 1. The summed E-state index contributed by atoms with van der Waals surface area (Å²) in [7, 11) is 0. The normalized spacial score (nSPS) is 15.8. The van der Waals surface area contributed by atoms with E-state index in [0.29, 0.717) is 37.2 Å². The first-order valence-electron chi connectivity index (χ1n) is 7.86. The number of hydrogen-bond acceptors (Lipinski definition) is 3. The summed E-state index contributed by atoms with van der Waals surface area (Å²) in [5, 5.41) is 10.0. The zero-order valence-electron chi connectivity index (χ0n) is 13.4. The zero-order valence-corrected chi connectivity index (χ0v) is 13.4. The lowest BCUT2D eigenvalue weighted by Crippen LogP contribution is -2.40. The minimum Gasteiger partial charge on any atom is -0.481 e. The molecule has 5 nitrogen and oxygen atoms in total. The van der Waals surface area contributed by atoms with E-state index in [1.807, 2.05) is 38.1 Å². The van der Waals surface area contributed by atoms with Gasteiger partial charge in [0.1, 0.15) is 0 Å². The lowest BCUT2D eigenvalue weighted by atomic mass is 9.96. The Hall–Kier alpha value is -2.43. The van der Waals surface area contributed by atoms with Crippen molar-refractivity contribution < 1.29 is 14.7 Å². The molecule has 1 saturated heterocycles. The Morgan fingerprint density at radius 3 is 2.52 bits per heavy atom. The molecule has 0 unspecified atom stereocenters. The van der Waals surface area contributed by atoms with Gasteiger partial charge in [0.05, 0.1) is 22.7 Å². The fourth-order valence-corrected chi connectivity index (χ4v) is 3.11. The minimum absolute atomic E-state index is 0.0535. The monoisotopic (exact) mass is 312 g/mol. The van der Waals surface area contributed by atoms with E-state index in [-0.39, 0.29) is 11.8 Å². The van der Waals surface area contributed by atoms with Crippen LogP contribution >= 0.6 is 0 Å². The number of carbonyl (C=O) groups is 2. The highest BCUT2D eigenvalue weighted by molar-refractivity contribution is 5.98. The second-order valence-corrected chi connectivity index (χ2v) is 6.22. The van der Waals surface area contributed by atoms with Gasteiger partial charge >= 0.3 is 5.97 Å². The number of pyridine rings is 1. The van der Waals surface area contributed by atoms with Crippen LogP contribution in [0.1, 0.15) is 34.5 Å². The van der Waals surface area contributed by atoms with E-state index in [0.717, 1.165) is 16.5 Å². The average molecular weight is 312 g/mol. The Kier molecular flexibility index (Phi) is 4.03. The van der Waals surface area contributed by atoms with Gasteiger partial charge in [0.2, 0.25) is 0 Å². The molecule has 1 N–H and O–H groups in total. The molecular formula is C18H20N2O3.